The lowest BCUT2D eigenvalue weighted by molar-refractivity contribution is 0.369. The van der Waals surface area contributed by atoms with Crippen LogP contribution < -0.4 is 19.6 Å². The van der Waals surface area contributed by atoms with E-state index in [0.29, 0.717) is 28.4 Å². The molecule has 7 nitrogen and oxygen atoms in total. The molecule has 0 fully saturated rings. The molecule has 3 aromatic rings. The van der Waals surface area contributed by atoms with Gasteiger partial charge in [0.15, 0.2) is 5.43 Å². The van der Waals surface area contributed by atoms with Gasteiger partial charge in [-0.25, -0.2) is 0 Å². The Hall–Kier alpha value is -3.35. The lowest BCUT2D eigenvalue weighted by atomic mass is 10.0. The highest BCUT2D eigenvalue weighted by molar-refractivity contribution is 5.85. The Kier molecular flexibility index (Phi) is 4.62. The minimum Gasteiger partial charge on any atom is -0.508 e. The summed E-state index contributed by atoms with van der Waals surface area (Å²) in [5.41, 5.74) is 0.648. The van der Waals surface area contributed by atoms with Gasteiger partial charge in [0.05, 0.1) is 27.6 Å². The van der Waals surface area contributed by atoms with Crippen LogP contribution in [-0.2, 0) is 6.42 Å². The van der Waals surface area contributed by atoms with E-state index in [0.717, 1.165) is 6.07 Å². The Balaban J connectivity index is 2.15. The quantitative estimate of drug-likeness (QED) is 0.723. The second-order valence-corrected chi connectivity index (χ2v) is 5.62. The average molecular weight is 358 g/mol. The Morgan fingerprint density at radius 3 is 2.19 bits per heavy atom. The Labute approximate surface area is 149 Å². The summed E-state index contributed by atoms with van der Waals surface area (Å²) in [6.45, 7) is 0. The van der Waals surface area contributed by atoms with Gasteiger partial charge >= 0.3 is 0 Å². The number of aromatic hydroxyl groups is 2. The van der Waals surface area contributed by atoms with Crippen LogP contribution in [0, 0.1) is 0 Å². The summed E-state index contributed by atoms with van der Waals surface area (Å²) < 4.78 is 21.4. The fourth-order valence-electron chi connectivity index (χ4n) is 2.82. The third kappa shape index (κ3) is 2.99. The smallest absolute Gasteiger partial charge is 0.199 e. The van der Waals surface area contributed by atoms with Gasteiger partial charge in [-0.1, -0.05) is 0 Å². The number of benzene rings is 2. The fraction of sp³-hybridized carbons (Fsp3) is 0.211. The molecule has 0 aliphatic rings. The molecule has 0 atom stereocenters. The second-order valence-electron chi connectivity index (χ2n) is 5.62. The molecular weight excluding hydrogens is 340 g/mol. The van der Waals surface area contributed by atoms with E-state index >= 15 is 0 Å². The zero-order valence-electron chi connectivity index (χ0n) is 14.5. The van der Waals surface area contributed by atoms with Crippen LogP contribution in [-0.4, -0.2) is 31.5 Å². The number of ether oxygens (including phenoxy) is 3. The van der Waals surface area contributed by atoms with E-state index in [2.05, 4.69) is 0 Å². The van der Waals surface area contributed by atoms with Crippen LogP contribution in [0.1, 0.15) is 11.1 Å². The maximum Gasteiger partial charge on any atom is 0.199 e. The maximum atomic E-state index is 12.8. The van der Waals surface area contributed by atoms with Crippen molar-refractivity contribution in [3.05, 3.63) is 51.9 Å². The number of methoxy groups -OCH3 is 3. The van der Waals surface area contributed by atoms with Crippen molar-refractivity contribution in [2.24, 2.45) is 0 Å². The molecule has 0 amide bonds. The van der Waals surface area contributed by atoms with E-state index in [1.54, 1.807) is 12.1 Å². The molecule has 2 aromatic carbocycles. The Morgan fingerprint density at radius 1 is 0.962 bits per heavy atom. The minimum absolute atomic E-state index is 0.00625. The van der Waals surface area contributed by atoms with Gasteiger partial charge in [-0.15, -0.1) is 0 Å². The molecule has 0 radical (unpaired) electrons. The molecule has 3 rings (SSSR count). The van der Waals surface area contributed by atoms with Gasteiger partial charge in [-0.05, 0) is 0 Å². The predicted molar refractivity (Wildman–Crippen MR) is 94.7 cm³/mol. The van der Waals surface area contributed by atoms with Gasteiger partial charge in [0.25, 0.3) is 0 Å². The molecule has 0 bridgehead atoms. The van der Waals surface area contributed by atoms with Gasteiger partial charge in [0, 0.05) is 41.8 Å². The molecule has 0 spiro atoms. The van der Waals surface area contributed by atoms with E-state index in [9.17, 15) is 15.0 Å². The van der Waals surface area contributed by atoms with E-state index in [4.69, 9.17) is 18.6 Å². The molecule has 2 N–H and O–H groups in total. The summed E-state index contributed by atoms with van der Waals surface area (Å²) in [6.07, 6.45) is 1.46. The van der Waals surface area contributed by atoms with Crippen molar-refractivity contribution in [1.29, 1.82) is 0 Å². The van der Waals surface area contributed by atoms with Crippen molar-refractivity contribution in [3.63, 3.8) is 0 Å². The normalized spacial score (nSPS) is 10.7. The molecular formula is C19H18O7. The zero-order valence-corrected chi connectivity index (χ0v) is 14.5. The van der Waals surface area contributed by atoms with Gasteiger partial charge in [0.2, 0.25) is 0 Å². The standard InChI is InChI=1S/C19H18O7/c1-23-12-7-15(24-2)13(16(8-12)25-3)4-10-9-26-17-6-11(20)5-14(21)18(17)19(10)22/h5-9,20-21H,4H2,1-3H3. The topological polar surface area (TPSA) is 98.4 Å². The number of hydrogen-bond acceptors (Lipinski definition) is 7. The highest BCUT2D eigenvalue weighted by atomic mass is 16.5. The van der Waals surface area contributed by atoms with Gasteiger partial charge in [0.1, 0.15) is 39.7 Å². The van der Waals surface area contributed by atoms with Crippen molar-refractivity contribution in [2.45, 2.75) is 6.42 Å². The first-order valence-electron chi connectivity index (χ1n) is 7.73. The maximum absolute atomic E-state index is 12.8. The van der Waals surface area contributed by atoms with Crippen LogP contribution in [0.25, 0.3) is 11.0 Å². The molecule has 0 saturated carbocycles. The predicted octanol–water partition coefficient (Wildman–Crippen LogP) is 2.82. The van der Waals surface area contributed by atoms with Crippen molar-refractivity contribution >= 4 is 11.0 Å². The van der Waals surface area contributed by atoms with Crippen LogP contribution in [0.4, 0.5) is 0 Å². The molecule has 7 heteroatoms. The summed E-state index contributed by atoms with van der Waals surface area (Å²) in [6, 6.07) is 5.75. The first-order chi connectivity index (χ1) is 12.5. The van der Waals surface area contributed by atoms with Gasteiger partial charge in [-0.3, -0.25) is 4.79 Å². The third-order valence-electron chi connectivity index (χ3n) is 4.10. The number of phenolic OH excluding ortho intramolecular Hbond substituents is 2. The highest BCUT2D eigenvalue weighted by Crippen LogP contribution is 2.36. The van der Waals surface area contributed by atoms with E-state index in [-0.39, 0.29) is 28.9 Å². The van der Waals surface area contributed by atoms with Crippen molar-refractivity contribution in [3.8, 4) is 28.7 Å². The number of phenols is 2. The van der Waals surface area contributed by atoms with E-state index in [1.807, 2.05) is 0 Å². The van der Waals surface area contributed by atoms with Gasteiger partial charge < -0.3 is 28.8 Å². The van der Waals surface area contributed by atoms with E-state index < -0.39 is 5.43 Å². The molecule has 1 aromatic heterocycles. The number of fused-ring (bicyclic) bond motifs is 1. The van der Waals surface area contributed by atoms with Crippen molar-refractivity contribution in [2.75, 3.05) is 21.3 Å². The van der Waals surface area contributed by atoms with Crippen LogP contribution in [0.5, 0.6) is 28.7 Å². The summed E-state index contributed by atoms with van der Waals surface area (Å²) in [5.74, 6) is 1.01. The summed E-state index contributed by atoms with van der Waals surface area (Å²) in [5, 5.41) is 19.5. The highest BCUT2D eigenvalue weighted by Gasteiger charge is 2.18. The number of rotatable bonds is 5. The molecule has 0 aliphatic heterocycles. The third-order valence-corrected chi connectivity index (χ3v) is 4.10. The molecule has 26 heavy (non-hydrogen) atoms. The summed E-state index contributed by atoms with van der Waals surface area (Å²) in [7, 11) is 4.55. The lowest BCUT2D eigenvalue weighted by Gasteiger charge is -2.15. The fourth-order valence-corrected chi connectivity index (χ4v) is 2.82. The summed E-state index contributed by atoms with van der Waals surface area (Å²) >= 11 is 0. The van der Waals surface area contributed by atoms with Crippen LogP contribution in [0.3, 0.4) is 0 Å². The molecule has 0 unspecified atom stereocenters. The lowest BCUT2D eigenvalue weighted by Crippen LogP contribution is -2.11. The van der Waals surface area contributed by atoms with Crippen LogP contribution >= 0.6 is 0 Å². The zero-order chi connectivity index (χ0) is 18.8. The Bertz CT molecular complexity index is 995. The average Bonchev–Trinajstić information content (AvgIpc) is 2.63. The molecule has 136 valence electrons. The first kappa shape index (κ1) is 17.5. The second kappa shape index (κ2) is 6.87. The molecule has 0 saturated heterocycles. The summed E-state index contributed by atoms with van der Waals surface area (Å²) in [4.78, 5) is 12.8. The molecule has 1 heterocycles. The minimum atomic E-state index is -0.399. The van der Waals surface area contributed by atoms with Crippen LogP contribution in [0.2, 0.25) is 0 Å². The number of hydrogen-bond donors (Lipinski definition) is 2. The first-order valence-corrected chi connectivity index (χ1v) is 7.73. The van der Waals surface area contributed by atoms with Crippen molar-refractivity contribution < 1.29 is 28.8 Å². The monoisotopic (exact) mass is 358 g/mol. The largest absolute Gasteiger partial charge is 0.508 e. The van der Waals surface area contributed by atoms with E-state index in [1.165, 1.54) is 33.7 Å². The van der Waals surface area contributed by atoms with Gasteiger partial charge in [-0.2, -0.15) is 0 Å². The van der Waals surface area contributed by atoms with Crippen molar-refractivity contribution in [1.82, 2.24) is 0 Å². The van der Waals surface area contributed by atoms with Crippen LogP contribution in [0.15, 0.2) is 39.7 Å². The Morgan fingerprint density at radius 2 is 1.62 bits per heavy atom. The SMILES string of the molecule is COc1cc(OC)c(Cc2coc3cc(O)cc(O)c3c2=O)c(OC)c1. The molecule has 0 aliphatic carbocycles.